The molecule has 0 fully saturated rings. The number of hydrogen-bond donors (Lipinski definition) is 0. The van der Waals surface area contributed by atoms with Crippen LogP contribution in [-0.4, -0.2) is 4.98 Å². The second-order valence-corrected chi connectivity index (χ2v) is 5.95. The van der Waals surface area contributed by atoms with E-state index in [2.05, 4.69) is 22.1 Å². The van der Waals surface area contributed by atoms with Crippen LogP contribution in [0.2, 0.25) is 10.2 Å². The lowest BCUT2D eigenvalue weighted by atomic mass is 9.87. The molecule has 0 aliphatic carbocycles. The Balaban J connectivity index is 1.84. The minimum atomic E-state index is -0.345. The van der Waals surface area contributed by atoms with Gasteiger partial charge in [-0.2, -0.15) is 10.2 Å². The van der Waals surface area contributed by atoms with Crippen LogP contribution in [-0.2, 0) is 5.54 Å². The van der Waals surface area contributed by atoms with E-state index in [0.29, 0.717) is 5.15 Å². The van der Waals surface area contributed by atoms with E-state index in [1.54, 1.807) is 12.3 Å². The summed E-state index contributed by atoms with van der Waals surface area (Å²) >= 11 is 11.7. The zero-order chi connectivity index (χ0) is 14.2. The lowest BCUT2D eigenvalue weighted by molar-refractivity contribution is 0.476. The summed E-state index contributed by atoms with van der Waals surface area (Å²) < 4.78 is 0. The van der Waals surface area contributed by atoms with E-state index in [0.717, 1.165) is 22.6 Å². The Kier molecular flexibility index (Phi) is 3.48. The van der Waals surface area contributed by atoms with Gasteiger partial charge in [0, 0.05) is 17.6 Å². The Morgan fingerprint density at radius 2 is 1.85 bits per heavy atom. The van der Waals surface area contributed by atoms with Crippen LogP contribution in [0.3, 0.4) is 0 Å². The van der Waals surface area contributed by atoms with Crippen LogP contribution in [0.4, 0.5) is 0 Å². The third-order valence-corrected chi connectivity index (χ3v) is 4.09. The minimum Gasteiger partial charge on any atom is -0.244 e. The number of rotatable bonds is 2. The van der Waals surface area contributed by atoms with Gasteiger partial charge in [-0.1, -0.05) is 41.4 Å². The predicted octanol–water partition coefficient (Wildman–Crippen LogP) is 5.20. The quantitative estimate of drug-likeness (QED) is 0.703. The molecule has 20 heavy (non-hydrogen) atoms. The van der Waals surface area contributed by atoms with Crippen molar-refractivity contribution in [1.82, 2.24) is 4.98 Å². The molecule has 2 unspecified atom stereocenters. The number of benzene rings is 1. The highest BCUT2D eigenvalue weighted by molar-refractivity contribution is 6.30. The first-order chi connectivity index (χ1) is 9.57. The van der Waals surface area contributed by atoms with Gasteiger partial charge >= 0.3 is 0 Å². The SMILES string of the molecule is CC1(c2ccc(Cl)nc2)CC(c2ccc(Cl)cc2)N=N1. The fraction of sp³-hybridized carbons (Fsp3) is 0.267. The molecular weight excluding hydrogens is 293 g/mol. The first kappa shape index (κ1) is 13.5. The van der Waals surface area contributed by atoms with Crippen LogP contribution in [0.15, 0.2) is 52.8 Å². The van der Waals surface area contributed by atoms with Gasteiger partial charge in [0.2, 0.25) is 0 Å². The summed E-state index contributed by atoms with van der Waals surface area (Å²) in [7, 11) is 0. The Morgan fingerprint density at radius 3 is 2.50 bits per heavy atom. The average molecular weight is 306 g/mol. The molecular formula is C15H13Cl2N3. The van der Waals surface area contributed by atoms with Gasteiger partial charge in [-0.05, 0) is 36.2 Å². The molecule has 5 heteroatoms. The normalized spacial score (nSPS) is 25.1. The topological polar surface area (TPSA) is 37.6 Å². The zero-order valence-corrected chi connectivity index (χ0v) is 12.4. The van der Waals surface area contributed by atoms with Gasteiger partial charge in [-0.3, -0.25) is 0 Å². The number of hydrogen-bond acceptors (Lipinski definition) is 3. The van der Waals surface area contributed by atoms with Crippen LogP contribution < -0.4 is 0 Å². The minimum absolute atomic E-state index is 0.0629. The van der Waals surface area contributed by atoms with Crippen LogP contribution in [0.25, 0.3) is 0 Å². The summed E-state index contributed by atoms with van der Waals surface area (Å²) in [5.41, 5.74) is 1.81. The van der Waals surface area contributed by atoms with Gasteiger partial charge in [0.05, 0.1) is 6.04 Å². The molecule has 0 bridgehead atoms. The largest absolute Gasteiger partial charge is 0.244 e. The Labute approximate surface area is 127 Å². The second-order valence-electron chi connectivity index (χ2n) is 5.13. The Hall–Kier alpha value is -1.45. The molecule has 1 aliphatic heterocycles. The molecule has 0 saturated carbocycles. The van der Waals surface area contributed by atoms with Gasteiger partial charge in [-0.15, -0.1) is 0 Å². The molecule has 1 aliphatic rings. The highest BCUT2D eigenvalue weighted by Gasteiger charge is 2.36. The molecule has 1 aromatic heterocycles. The fourth-order valence-electron chi connectivity index (χ4n) is 2.39. The molecule has 0 spiro atoms. The van der Waals surface area contributed by atoms with E-state index < -0.39 is 0 Å². The van der Waals surface area contributed by atoms with E-state index in [4.69, 9.17) is 23.2 Å². The van der Waals surface area contributed by atoms with Gasteiger partial charge in [0.1, 0.15) is 10.7 Å². The van der Waals surface area contributed by atoms with Crippen LogP contribution in [0.5, 0.6) is 0 Å². The van der Waals surface area contributed by atoms with Crippen LogP contribution in [0, 0.1) is 0 Å². The van der Waals surface area contributed by atoms with Crippen molar-refractivity contribution in [2.24, 2.45) is 10.2 Å². The lowest BCUT2D eigenvalue weighted by Crippen LogP contribution is -2.17. The van der Waals surface area contributed by atoms with Crippen molar-refractivity contribution < 1.29 is 0 Å². The number of halogens is 2. The van der Waals surface area contributed by atoms with Crippen molar-refractivity contribution in [3.05, 3.63) is 63.9 Å². The van der Waals surface area contributed by atoms with Gasteiger partial charge in [-0.25, -0.2) is 4.98 Å². The lowest BCUT2D eigenvalue weighted by Gasteiger charge is -2.20. The monoisotopic (exact) mass is 305 g/mol. The van der Waals surface area contributed by atoms with Crippen LogP contribution in [0.1, 0.15) is 30.5 Å². The van der Waals surface area contributed by atoms with Crippen molar-refractivity contribution in [3.63, 3.8) is 0 Å². The van der Waals surface area contributed by atoms with Crippen LogP contribution >= 0.6 is 23.2 Å². The van der Waals surface area contributed by atoms with Crippen molar-refractivity contribution in [1.29, 1.82) is 0 Å². The number of nitrogens with zero attached hydrogens (tertiary/aromatic N) is 3. The summed E-state index contributed by atoms with van der Waals surface area (Å²) in [6.07, 6.45) is 2.59. The maximum Gasteiger partial charge on any atom is 0.129 e. The van der Waals surface area contributed by atoms with E-state index >= 15 is 0 Å². The third kappa shape index (κ3) is 2.56. The summed E-state index contributed by atoms with van der Waals surface area (Å²) in [5.74, 6) is 0. The maximum absolute atomic E-state index is 5.91. The molecule has 2 heterocycles. The van der Waals surface area contributed by atoms with Crippen molar-refractivity contribution in [3.8, 4) is 0 Å². The standard InChI is InChI=1S/C15H13Cl2N3/c1-15(11-4-7-14(17)18-9-11)8-13(19-20-15)10-2-5-12(16)6-3-10/h2-7,9,13H,8H2,1H3. The van der Waals surface area contributed by atoms with E-state index in [1.165, 1.54) is 0 Å². The molecule has 2 atom stereocenters. The molecule has 3 nitrogen and oxygen atoms in total. The molecule has 0 saturated heterocycles. The van der Waals surface area contributed by atoms with E-state index in [1.807, 2.05) is 30.3 Å². The summed E-state index contributed by atoms with van der Waals surface area (Å²) in [6, 6.07) is 11.6. The van der Waals surface area contributed by atoms with E-state index in [-0.39, 0.29) is 11.6 Å². The third-order valence-electron chi connectivity index (χ3n) is 3.61. The highest BCUT2D eigenvalue weighted by Crippen LogP contribution is 2.43. The summed E-state index contributed by atoms with van der Waals surface area (Å²) in [6.45, 7) is 2.07. The molecule has 2 aromatic rings. The number of aromatic nitrogens is 1. The average Bonchev–Trinajstić information content (AvgIpc) is 2.84. The molecule has 0 radical (unpaired) electrons. The molecule has 3 rings (SSSR count). The van der Waals surface area contributed by atoms with E-state index in [9.17, 15) is 0 Å². The second kappa shape index (κ2) is 5.15. The summed E-state index contributed by atoms with van der Waals surface area (Å²) in [5, 5.41) is 10.1. The molecule has 102 valence electrons. The molecule has 0 amide bonds. The first-order valence-electron chi connectivity index (χ1n) is 6.36. The fourth-order valence-corrected chi connectivity index (χ4v) is 2.63. The van der Waals surface area contributed by atoms with Crippen molar-refractivity contribution >= 4 is 23.2 Å². The zero-order valence-electron chi connectivity index (χ0n) is 10.9. The van der Waals surface area contributed by atoms with Gasteiger partial charge in [0.15, 0.2) is 0 Å². The predicted molar refractivity (Wildman–Crippen MR) is 80.3 cm³/mol. The summed E-state index contributed by atoms with van der Waals surface area (Å²) in [4.78, 5) is 4.12. The molecule has 1 aromatic carbocycles. The molecule has 0 N–H and O–H groups in total. The maximum atomic E-state index is 5.91. The highest BCUT2D eigenvalue weighted by atomic mass is 35.5. The number of azo groups is 1. The number of pyridine rings is 1. The van der Waals surface area contributed by atoms with Crippen molar-refractivity contribution in [2.75, 3.05) is 0 Å². The smallest absolute Gasteiger partial charge is 0.129 e. The van der Waals surface area contributed by atoms with Crippen molar-refractivity contribution in [2.45, 2.75) is 24.9 Å². The Morgan fingerprint density at radius 1 is 1.10 bits per heavy atom. The van der Waals surface area contributed by atoms with Gasteiger partial charge < -0.3 is 0 Å². The first-order valence-corrected chi connectivity index (χ1v) is 7.12. The van der Waals surface area contributed by atoms with Gasteiger partial charge in [0.25, 0.3) is 0 Å². The Bertz CT molecular complexity index is 637.